The maximum absolute atomic E-state index is 11.9. The van der Waals surface area contributed by atoms with E-state index in [4.69, 9.17) is 9.05 Å². The Morgan fingerprint density at radius 3 is 1.75 bits per heavy atom. The highest BCUT2D eigenvalue weighted by Crippen LogP contribution is 2.60. The summed E-state index contributed by atoms with van der Waals surface area (Å²) in [5.74, 6) is -1.12. The van der Waals surface area contributed by atoms with Crippen molar-refractivity contribution in [1.29, 1.82) is 0 Å². The fourth-order valence-corrected chi connectivity index (χ4v) is 4.71. The van der Waals surface area contributed by atoms with E-state index < -0.39 is 33.3 Å². The molecule has 0 N–H and O–H groups in total. The summed E-state index contributed by atoms with van der Waals surface area (Å²) in [5.41, 5.74) is 0. The molecular weight excluding hydrogens is 261 g/mol. The molecule has 0 aromatic carbocycles. The monoisotopic (exact) mass is 277 g/mol. The summed E-state index contributed by atoms with van der Waals surface area (Å²) in [7, 11) is -8.75. The third-order valence-electron chi connectivity index (χ3n) is 1.19. The second kappa shape index (κ2) is 6.24. The van der Waals surface area contributed by atoms with Gasteiger partial charge < -0.3 is 18.5 Å². The molecule has 0 amide bonds. The van der Waals surface area contributed by atoms with Gasteiger partial charge in [0, 0.05) is 0 Å². The highest BCUT2D eigenvalue weighted by atomic mass is 31.2. The van der Waals surface area contributed by atoms with Gasteiger partial charge in [-0.15, -0.1) is 4.73 Å². The molecule has 0 bridgehead atoms. The molecular formula is C7H16FO6P2-. The van der Waals surface area contributed by atoms with Gasteiger partial charge >= 0.3 is 7.60 Å². The van der Waals surface area contributed by atoms with Gasteiger partial charge in [-0.1, -0.05) is 0 Å². The van der Waals surface area contributed by atoms with Crippen LogP contribution in [0.3, 0.4) is 0 Å². The molecule has 0 aromatic heterocycles. The molecule has 0 radical (unpaired) electrons. The molecule has 9 heteroatoms. The average Bonchev–Trinajstić information content (AvgIpc) is 1.98. The van der Waals surface area contributed by atoms with E-state index in [0.717, 1.165) is 0 Å². The van der Waals surface area contributed by atoms with Gasteiger partial charge in [-0.3, -0.25) is 4.57 Å². The number of rotatable bonds is 7. The molecule has 0 heterocycles. The maximum Gasteiger partial charge on any atom is 0.339 e. The second-order valence-electron chi connectivity index (χ2n) is 3.74. The lowest BCUT2D eigenvalue weighted by atomic mass is 10.5. The van der Waals surface area contributed by atoms with Crippen molar-refractivity contribution in [2.45, 2.75) is 39.9 Å². The summed E-state index contributed by atoms with van der Waals surface area (Å²) in [6, 6.07) is 0. The molecule has 1 unspecified atom stereocenters. The van der Waals surface area contributed by atoms with E-state index in [1.54, 1.807) is 27.7 Å². The lowest BCUT2D eigenvalue weighted by Gasteiger charge is -2.26. The van der Waals surface area contributed by atoms with Gasteiger partial charge in [-0.2, -0.15) is 0 Å². The molecule has 0 rings (SSSR count). The van der Waals surface area contributed by atoms with Crippen LogP contribution in [0.25, 0.3) is 0 Å². The Labute approximate surface area is 94.1 Å². The Balaban J connectivity index is 4.80. The Morgan fingerprint density at radius 1 is 1.12 bits per heavy atom. The van der Waals surface area contributed by atoms with Crippen molar-refractivity contribution in [2.75, 3.05) is 5.90 Å². The zero-order valence-corrected chi connectivity index (χ0v) is 11.4. The van der Waals surface area contributed by atoms with Crippen LogP contribution in [0.4, 0.5) is 4.53 Å². The summed E-state index contributed by atoms with van der Waals surface area (Å²) in [6.07, 6.45) is -1.02. The highest BCUT2D eigenvalue weighted by molar-refractivity contribution is 7.70. The molecule has 0 saturated heterocycles. The van der Waals surface area contributed by atoms with Crippen LogP contribution in [0.2, 0.25) is 0 Å². The first kappa shape index (κ1) is 16.2. The first-order valence-corrected chi connectivity index (χ1v) is 8.12. The van der Waals surface area contributed by atoms with Crippen molar-refractivity contribution in [3.05, 3.63) is 0 Å². The molecule has 0 fully saturated rings. The van der Waals surface area contributed by atoms with Crippen LogP contribution >= 0.6 is 15.2 Å². The van der Waals surface area contributed by atoms with Gasteiger partial charge in [-0.05, 0) is 32.2 Å². The zero-order valence-electron chi connectivity index (χ0n) is 9.58. The fourth-order valence-electron chi connectivity index (χ4n) is 0.968. The van der Waals surface area contributed by atoms with Crippen molar-refractivity contribution in [3.8, 4) is 0 Å². The number of halogens is 1. The van der Waals surface area contributed by atoms with Crippen LogP contribution in [0, 0.1) is 0 Å². The second-order valence-corrected chi connectivity index (χ2v) is 7.88. The fraction of sp³-hybridized carbons (Fsp3) is 1.00. The molecule has 0 spiro atoms. The number of hydrogen-bond donors (Lipinski definition) is 0. The van der Waals surface area contributed by atoms with E-state index in [2.05, 4.69) is 4.73 Å². The van der Waals surface area contributed by atoms with Gasteiger partial charge in [-0.25, -0.2) is 0 Å². The lowest BCUT2D eigenvalue weighted by Crippen LogP contribution is -2.14. The van der Waals surface area contributed by atoms with Gasteiger partial charge in [0.2, 0.25) is 0 Å². The van der Waals surface area contributed by atoms with Crippen LogP contribution in [0.5, 0.6) is 0 Å². The maximum atomic E-state index is 11.9. The Kier molecular flexibility index (Phi) is 6.33. The zero-order chi connectivity index (χ0) is 13.0. The van der Waals surface area contributed by atoms with E-state index >= 15 is 0 Å². The molecule has 6 nitrogen and oxygen atoms in total. The summed E-state index contributed by atoms with van der Waals surface area (Å²) in [5, 5.41) is 0. The first-order chi connectivity index (χ1) is 7.10. The average molecular weight is 277 g/mol. The van der Waals surface area contributed by atoms with Crippen molar-refractivity contribution in [1.82, 2.24) is 0 Å². The molecule has 16 heavy (non-hydrogen) atoms. The Morgan fingerprint density at radius 2 is 1.50 bits per heavy atom. The van der Waals surface area contributed by atoms with E-state index in [1.165, 1.54) is 0 Å². The van der Waals surface area contributed by atoms with Crippen molar-refractivity contribution < 1.29 is 32.3 Å². The van der Waals surface area contributed by atoms with Crippen molar-refractivity contribution in [2.24, 2.45) is 0 Å². The lowest BCUT2D eigenvalue weighted by molar-refractivity contribution is -0.224. The topological polar surface area (TPSA) is 84.9 Å². The third kappa shape index (κ3) is 6.74. The van der Waals surface area contributed by atoms with Crippen molar-refractivity contribution >= 4 is 15.2 Å². The summed E-state index contributed by atoms with van der Waals surface area (Å²) in [6.45, 7) is 6.23. The van der Waals surface area contributed by atoms with Gasteiger partial charge in [0.15, 0.2) is 7.60 Å². The van der Waals surface area contributed by atoms with Gasteiger partial charge in [0.25, 0.3) is 0 Å². The minimum Gasteiger partial charge on any atom is -0.776 e. The summed E-state index contributed by atoms with van der Waals surface area (Å²) in [4.78, 5) is 10.9. The van der Waals surface area contributed by atoms with Crippen LogP contribution in [-0.2, 0) is 22.9 Å². The van der Waals surface area contributed by atoms with Crippen LogP contribution < -0.4 is 4.89 Å². The predicted molar refractivity (Wildman–Crippen MR) is 54.7 cm³/mol. The molecule has 0 aliphatic rings. The molecule has 0 aromatic rings. The Hall–Kier alpha value is 0.230. The SMILES string of the molecule is CC(C)OP(=O)(CP(=O)([O-])OF)OC(C)C. The van der Waals surface area contributed by atoms with Crippen LogP contribution in [0.1, 0.15) is 27.7 Å². The summed E-state index contributed by atoms with van der Waals surface area (Å²) >= 11 is 0. The van der Waals surface area contributed by atoms with Gasteiger partial charge in [0.05, 0.1) is 12.2 Å². The quantitative estimate of drug-likeness (QED) is 0.664. The van der Waals surface area contributed by atoms with Crippen molar-refractivity contribution in [3.63, 3.8) is 0 Å². The number of hydrogen-bond acceptors (Lipinski definition) is 6. The third-order valence-corrected chi connectivity index (χ3v) is 5.66. The molecule has 1 atom stereocenters. The predicted octanol–water partition coefficient (Wildman–Crippen LogP) is 2.44. The van der Waals surface area contributed by atoms with E-state index in [9.17, 15) is 18.5 Å². The minimum atomic E-state index is -4.84. The molecule has 98 valence electrons. The normalized spacial score (nSPS) is 16.8. The van der Waals surface area contributed by atoms with Crippen LogP contribution in [0.15, 0.2) is 0 Å². The largest absolute Gasteiger partial charge is 0.776 e. The smallest absolute Gasteiger partial charge is 0.339 e. The Bertz CT molecular complexity index is 291. The van der Waals surface area contributed by atoms with E-state index in [-0.39, 0.29) is 0 Å². The van der Waals surface area contributed by atoms with Crippen LogP contribution in [-0.4, -0.2) is 18.1 Å². The molecule has 0 saturated carbocycles. The summed E-state index contributed by atoms with van der Waals surface area (Å²) < 4.78 is 47.1. The highest BCUT2D eigenvalue weighted by Gasteiger charge is 2.33. The minimum absolute atomic E-state index is 0.510. The molecule has 0 aliphatic heterocycles. The van der Waals surface area contributed by atoms with E-state index in [0.29, 0.717) is 0 Å². The first-order valence-electron chi connectivity index (χ1n) is 4.66. The standard InChI is InChI=1S/C7H17FO6P2/c1-6(2)12-16(11,13-7(3)4)5-15(9,10)14-8/h6-7H,5H2,1-4H3,(H,9,10)/p-1. The van der Waals surface area contributed by atoms with E-state index in [1.807, 2.05) is 0 Å². The molecule has 0 aliphatic carbocycles. The van der Waals surface area contributed by atoms with Gasteiger partial charge in [0.1, 0.15) is 5.90 Å².